The van der Waals surface area contributed by atoms with E-state index in [1.165, 1.54) is 12.1 Å². The van der Waals surface area contributed by atoms with Crippen LogP contribution < -0.4 is 10.2 Å². The van der Waals surface area contributed by atoms with Crippen molar-refractivity contribution in [1.29, 1.82) is 0 Å². The molecule has 0 amide bonds. The molecule has 0 aliphatic heterocycles. The minimum absolute atomic E-state index is 0. The van der Waals surface area contributed by atoms with Crippen molar-refractivity contribution < 1.29 is 39.3 Å². The van der Waals surface area contributed by atoms with Gasteiger partial charge in [-0.05, 0) is 24.3 Å². The van der Waals surface area contributed by atoms with E-state index in [2.05, 4.69) is 9.97 Å². The van der Waals surface area contributed by atoms with E-state index in [0.29, 0.717) is 11.0 Å². The molecule has 4 aromatic rings. The Hall–Kier alpha value is -3.18. The van der Waals surface area contributed by atoms with E-state index in [1.807, 2.05) is 36.4 Å². The summed E-state index contributed by atoms with van der Waals surface area (Å²) in [5.74, 6) is -2.49. The number of carboxylic acids is 2. The molecule has 6 nitrogen and oxygen atoms in total. The Labute approximate surface area is 167 Å². The van der Waals surface area contributed by atoms with Gasteiger partial charge in [-0.2, -0.15) is 0 Å². The topological polar surface area (TPSA) is 106 Å². The van der Waals surface area contributed by atoms with Gasteiger partial charge >= 0.3 is 19.5 Å². The third-order valence-corrected chi connectivity index (χ3v) is 3.62. The summed E-state index contributed by atoms with van der Waals surface area (Å²) in [5.41, 5.74) is 1.28. The predicted molar refractivity (Wildman–Crippen MR) is 92.1 cm³/mol. The first-order valence-electron chi connectivity index (χ1n) is 7.69. The first-order valence-corrected chi connectivity index (χ1v) is 7.69. The molecule has 0 fully saturated rings. The molecule has 0 unspecified atom stereocenters. The summed E-state index contributed by atoms with van der Waals surface area (Å²) in [4.78, 5) is 28.8. The average molecular weight is 410 g/mol. The van der Waals surface area contributed by atoms with Crippen molar-refractivity contribution in [2.24, 2.45) is 0 Å². The summed E-state index contributed by atoms with van der Waals surface area (Å²) in [6.07, 6.45) is 0. The van der Waals surface area contributed by atoms with Crippen molar-refractivity contribution >= 4 is 33.7 Å². The normalized spacial score (nSPS) is 9.78. The van der Waals surface area contributed by atoms with Gasteiger partial charge in [0, 0.05) is 10.8 Å². The number of aromatic carboxylic acids is 2. The van der Waals surface area contributed by atoms with Crippen molar-refractivity contribution in [3.05, 3.63) is 84.2 Å². The van der Waals surface area contributed by atoms with Crippen LogP contribution in [-0.2, 0) is 19.5 Å². The number of nitrogens with zero attached hydrogens (tertiary/aromatic N) is 2. The summed E-state index contributed by atoms with van der Waals surface area (Å²) >= 11 is 0. The van der Waals surface area contributed by atoms with Gasteiger partial charge in [-0.15, -0.1) is 0 Å². The van der Waals surface area contributed by atoms with E-state index in [0.717, 1.165) is 10.8 Å². The molecule has 128 valence electrons. The third kappa shape index (κ3) is 4.93. The number of carbonyl (C=O) groups is 2. The van der Waals surface area contributed by atoms with Crippen LogP contribution in [0.15, 0.2) is 72.8 Å². The van der Waals surface area contributed by atoms with Crippen LogP contribution in [0.3, 0.4) is 0 Å². The van der Waals surface area contributed by atoms with Crippen LogP contribution in [0.25, 0.3) is 21.8 Å². The molecule has 2 aromatic carbocycles. The second-order valence-corrected chi connectivity index (χ2v) is 5.35. The van der Waals surface area contributed by atoms with Gasteiger partial charge in [0.1, 0.15) is 0 Å². The Morgan fingerprint density at radius 3 is 1.33 bits per heavy atom. The maximum Gasteiger partial charge on any atom is 2.00 e. The minimum atomic E-state index is -1.24. The zero-order valence-corrected chi connectivity index (χ0v) is 17.1. The minimum Gasteiger partial charge on any atom is -0.543 e. The fraction of sp³-hybridized carbons (Fsp3) is 0. The molecule has 27 heavy (non-hydrogen) atoms. The Balaban J connectivity index is 0.000000187. The molecule has 0 atom stereocenters. The van der Waals surface area contributed by atoms with Gasteiger partial charge in [0.2, 0.25) is 0 Å². The number of rotatable bonds is 2. The maximum absolute atomic E-state index is 10.5. The molecular formula is C20H12N2O4Zn. The number of aromatic nitrogens is 2. The van der Waals surface area contributed by atoms with Gasteiger partial charge in [-0.1, -0.05) is 48.5 Å². The van der Waals surface area contributed by atoms with Crippen LogP contribution in [0, 0.1) is 0 Å². The molecule has 0 saturated heterocycles. The average Bonchev–Trinajstić information content (AvgIpc) is 2.67. The molecular weight excluding hydrogens is 398 g/mol. The largest absolute Gasteiger partial charge is 2.00 e. The van der Waals surface area contributed by atoms with Crippen LogP contribution in [0.5, 0.6) is 0 Å². The number of benzene rings is 2. The summed E-state index contributed by atoms with van der Waals surface area (Å²) in [7, 11) is 0. The molecule has 0 spiro atoms. The molecule has 0 saturated carbocycles. The molecule has 0 bridgehead atoms. The second kappa shape index (κ2) is 8.96. The zero-order chi connectivity index (χ0) is 18.5. The molecule has 4 rings (SSSR count). The Morgan fingerprint density at radius 1 is 0.593 bits per heavy atom. The van der Waals surface area contributed by atoms with Crippen LogP contribution in [-0.4, -0.2) is 21.9 Å². The summed E-state index contributed by atoms with van der Waals surface area (Å²) in [5, 5.41) is 22.8. The Morgan fingerprint density at radius 2 is 0.963 bits per heavy atom. The fourth-order valence-corrected chi connectivity index (χ4v) is 2.36. The molecule has 0 radical (unpaired) electrons. The summed E-state index contributed by atoms with van der Waals surface area (Å²) in [6, 6.07) is 21.0. The van der Waals surface area contributed by atoms with Crippen LogP contribution in [0.1, 0.15) is 21.0 Å². The van der Waals surface area contributed by atoms with E-state index in [1.54, 1.807) is 24.3 Å². The second-order valence-electron chi connectivity index (χ2n) is 5.35. The fourth-order valence-electron chi connectivity index (χ4n) is 2.36. The number of hydrogen-bond acceptors (Lipinski definition) is 6. The number of fused-ring (bicyclic) bond motifs is 2. The van der Waals surface area contributed by atoms with Crippen LogP contribution in [0.4, 0.5) is 0 Å². The van der Waals surface area contributed by atoms with E-state index in [-0.39, 0.29) is 30.9 Å². The van der Waals surface area contributed by atoms with Gasteiger partial charge in [0.15, 0.2) is 0 Å². The van der Waals surface area contributed by atoms with E-state index in [4.69, 9.17) is 0 Å². The maximum atomic E-state index is 10.5. The third-order valence-electron chi connectivity index (χ3n) is 3.62. The smallest absolute Gasteiger partial charge is 0.543 e. The van der Waals surface area contributed by atoms with Crippen LogP contribution >= 0.6 is 0 Å². The monoisotopic (exact) mass is 408 g/mol. The molecule has 2 aromatic heterocycles. The molecule has 2 heterocycles. The first-order chi connectivity index (χ1) is 12.5. The number of pyridine rings is 2. The Kier molecular flexibility index (Phi) is 6.69. The number of carbonyl (C=O) groups excluding carboxylic acids is 2. The van der Waals surface area contributed by atoms with E-state index >= 15 is 0 Å². The van der Waals surface area contributed by atoms with Gasteiger partial charge in [0.05, 0.1) is 34.4 Å². The van der Waals surface area contributed by atoms with Crippen molar-refractivity contribution in [3.63, 3.8) is 0 Å². The Bertz CT molecular complexity index is 1030. The van der Waals surface area contributed by atoms with Crippen molar-refractivity contribution in [2.75, 3.05) is 0 Å². The van der Waals surface area contributed by atoms with Crippen molar-refractivity contribution in [2.45, 2.75) is 0 Å². The first kappa shape index (κ1) is 20.1. The molecule has 0 aliphatic rings. The molecule has 7 heteroatoms. The van der Waals surface area contributed by atoms with Gasteiger partial charge < -0.3 is 19.8 Å². The summed E-state index contributed by atoms with van der Waals surface area (Å²) in [6.45, 7) is 0. The quantitative estimate of drug-likeness (QED) is 0.460. The summed E-state index contributed by atoms with van der Waals surface area (Å²) < 4.78 is 0. The molecule has 0 N–H and O–H groups in total. The van der Waals surface area contributed by atoms with Crippen molar-refractivity contribution in [1.82, 2.24) is 9.97 Å². The standard InChI is InChI=1S/2C10H7NO2.Zn/c2*12-10(13)9-6-5-7-3-1-2-4-8(7)11-9;/h2*1-6H,(H,12,13);/q;;+2/p-2. The number of para-hydroxylation sites is 2. The zero-order valence-electron chi connectivity index (χ0n) is 14.2. The van der Waals surface area contributed by atoms with E-state index < -0.39 is 11.9 Å². The SMILES string of the molecule is O=C([O-])c1ccc2ccccc2n1.O=C([O-])c1ccc2ccccc2n1.[Zn+2]. The number of carboxylic acid groups (broad SMARTS) is 2. The van der Waals surface area contributed by atoms with Crippen molar-refractivity contribution in [3.8, 4) is 0 Å². The van der Waals surface area contributed by atoms with Gasteiger partial charge in [-0.25, -0.2) is 9.97 Å². The van der Waals surface area contributed by atoms with Gasteiger partial charge in [-0.3, -0.25) is 0 Å². The van der Waals surface area contributed by atoms with E-state index in [9.17, 15) is 19.8 Å². The van der Waals surface area contributed by atoms with Crippen LogP contribution in [0.2, 0.25) is 0 Å². The molecule has 0 aliphatic carbocycles. The number of hydrogen-bond donors (Lipinski definition) is 0. The van der Waals surface area contributed by atoms with Gasteiger partial charge in [0.25, 0.3) is 0 Å². The predicted octanol–water partition coefficient (Wildman–Crippen LogP) is 1.19.